The van der Waals surface area contributed by atoms with Gasteiger partial charge in [-0.15, -0.1) is 12.4 Å². The van der Waals surface area contributed by atoms with Crippen LogP contribution < -0.4 is 5.32 Å². The first-order valence-corrected chi connectivity index (χ1v) is 7.85. The molecule has 2 aliphatic rings. The monoisotopic (exact) mass is 308 g/mol. The van der Waals surface area contributed by atoms with Crippen LogP contribution in [0.5, 0.6) is 0 Å². The van der Waals surface area contributed by atoms with E-state index in [1.165, 1.54) is 30.4 Å². The summed E-state index contributed by atoms with van der Waals surface area (Å²) in [5.74, 6) is 0.323. The molecule has 1 atom stereocenters. The van der Waals surface area contributed by atoms with E-state index in [2.05, 4.69) is 34.5 Å². The highest BCUT2D eigenvalue weighted by atomic mass is 35.5. The number of benzene rings is 1. The molecule has 116 valence electrons. The lowest BCUT2D eigenvalue weighted by atomic mass is 9.86. The Morgan fingerprint density at radius 3 is 2.76 bits per heavy atom. The Morgan fingerprint density at radius 2 is 2.05 bits per heavy atom. The summed E-state index contributed by atoms with van der Waals surface area (Å²) in [7, 11) is 1.91. The Balaban J connectivity index is 0.00000161. The van der Waals surface area contributed by atoms with Crippen LogP contribution in [-0.4, -0.2) is 30.4 Å². The number of carbonyl (C=O) groups excluding carboxylic acids is 1. The fourth-order valence-electron chi connectivity index (χ4n) is 3.36. The highest BCUT2D eigenvalue weighted by molar-refractivity contribution is 5.85. The standard InChI is InChI=1S/C17H24N2O.ClH/c1-18-12-11-17(20)19(14-9-10-14)16-8-4-6-13-5-2-3-7-15(13)16;/h2-3,5,7,14,16,18H,4,6,8-12H2,1H3;1H. The van der Waals surface area contributed by atoms with Gasteiger partial charge in [-0.05, 0) is 50.3 Å². The number of fused-ring (bicyclic) bond motifs is 1. The van der Waals surface area contributed by atoms with E-state index in [0.717, 1.165) is 19.4 Å². The van der Waals surface area contributed by atoms with Crippen molar-refractivity contribution in [2.45, 2.75) is 50.6 Å². The Morgan fingerprint density at radius 1 is 1.29 bits per heavy atom. The Bertz CT molecular complexity index is 487. The van der Waals surface area contributed by atoms with Gasteiger partial charge in [-0.2, -0.15) is 0 Å². The van der Waals surface area contributed by atoms with Crippen LogP contribution in [0.25, 0.3) is 0 Å². The van der Waals surface area contributed by atoms with Gasteiger partial charge in [0.1, 0.15) is 0 Å². The molecule has 1 unspecified atom stereocenters. The molecule has 0 saturated heterocycles. The van der Waals surface area contributed by atoms with E-state index >= 15 is 0 Å². The topological polar surface area (TPSA) is 32.3 Å². The normalized spacial score (nSPS) is 20.3. The van der Waals surface area contributed by atoms with Gasteiger partial charge in [0.05, 0.1) is 6.04 Å². The van der Waals surface area contributed by atoms with Crippen molar-refractivity contribution >= 4 is 18.3 Å². The fourth-order valence-corrected chi connectivity index (χ4v) is 3.36. The summed E-state index contributed by atoms with van der Waals surface area (Å²) >= 11 is 0. The molecular formula is C17H25ClN2O. The number of carbonyl (C=O) groups is 1. The van der Waals surface area contributed by atoms with E-state index in [4.69, 9.17) is 0 Å². The van der Waals surface area contributed by atoms with Gasteiger partial charge in [0.25, 0.3) is 0 Å². The van der Waals surface area contributed by atoms with Gasteiger partial charge < -0.3 is 10.2 Å². The molecule has 0 bridgehead atoms. The van der Waals surface area contributed by atoms with E-state index in [1.54, 1.807) is 0 Å². The summed E-state index contributed by atoms with van der Waals surface area (Å²) in [4.78, 5) is 14.8. The number of nitrogens with zero attached hydrogens (tertiary/aromatic N) is 1. The van der Waals surface area contributed by atoms with Gasteiger partial charge in [-0.1, -0.05) is 24.3 Å². The number of rotatable bonds is 5. The molecule has 1 aromatic rings. The molecule has 1 saturated carbocycles. The zero-order chi connectivity index (χ0) is 13.9. The molecule has 0 radical (unpaired) electrons. The lowest BCUT2D eigenvalue weighted by Gasteiger charge is -2.36. The average Bonchev–Trinajstić information content (AvgIpc) is 3.30. The largest absolute Gasteiger partial charge is 0.333 e. The molecule has 2 aliphatic carbocycles. The minimum atomic E-state index is 0. The molecule has 3 rings (SSSR count). The summed E-state index contributed by atoms with van der Waals surface area (Å²) < 4.78 is 0. The first-order valence-electron chi connectivity index (χ1n) is 7.85. The van der Waals surface area contributed by atoms with E-state index in [9.17, 15) is 4.79 Å². The Labute approximate surface area is 133 Å². The molecule has 3 nitrogen and oxygen atoms in total. The molecule has 0 heterocycles. The molecule has 4 heteroatoms. The number of hydrogen-bond acceptors (Lipinski definition) is 2. The van der Waals surface area contributed by atoms with Crippen LogP contribution >= 0.6 is 12.4 Å². The maximum atomic E-state index is 12.6. The average molecular weight is 309 g/mol. The molecule has 21 heavy (non-hydrogen) atoms. The number of halogens is 1. The number of hydrogen-bond donors (Lipinski definition) is 1. The van der Waals surface area contributed by atoms with E-state index in [1.807, 2.05) is 7.05 Å². The van der Waals surface area contributed by atoms with Crippen molar-refractivity contribution in [3.8, 4) is 0 Å². The third-order valence-electron chi connectivity index (χ3n) is 4.49. The van der Waals surface area contributed by atoms with Crippen LogP contribution in [0.15, 0.2) is 24.3 Å². The van der Waals surface area contributed by atoms with Crippen molar-refractivity contribution in [1.82, 2.24) is 10.2 Å². The van der Waals surface area contributed by atoms with Gasteiger partial charge in [0.15, 0.2) is 0 Å². The van der Waals surface area contributed by atoms with Gasteiger partial charge in [0, 0.05) is 19.0 Å². The van der Waals surface area contributed by atoms with Crippen molar-refractivity contribution in [2.75, 3.05) is 13.6 Å². The van der Waals surface area contributed by atoms with Crippen molar-refractivity contribution in [2.24, 2.45) is 0 Å². The van der Waals surface area contributed by atoms with Crippen LogP contribution in [-0.2, 0) is 11.2 Å². The molecule has 0 spiro atoms. The first-order chi connectivity index (χ1) is 9.81. The molecule has 1 fully saturated rings. The molecule has 1 amide bonds. The Kier molecular flexibility index (Phi) is 5.65. The SMILES string of the molecule is CNCCC(=O)N(C1CC1)C1CCCc2ccccc21.Cl. The smallest absolute Gasteiger partial charge is 0.224 e. The van der Waals surface area contributed by atoms with Crippen LogP contribution in [0.2, 0.25) is 0 Å². The zero-order valence-corrected chi connectivity index (χ0v) is 13.5. The van der Waals surface area contributed by atoms with Crippen molar-refractivity contribution in [3.63, 3.8) is 0 Å². The molecule has 0 aliphatic heterocycles. The molecular weight excluding hydrogens is 284 g/mol. The summed E-state index contributed by atoms with van der Waals surface area (Å²) in [6, 6.07) is 9.49. The van der Waals surface area contributed by atoms with Crippen molar-refractivity contribution < 1.29 is 4.79 Å². The molecule has 1 N–H and O–H groups in total. The maximum absolute atomic E-state index is 12.6. The minimum absolute atomic E-state index is 0. The zero-order valence-electron chi connectivity index (χ0n) is 12.7. The van der Waals surface area contributed by atoms with Crippen LogP contribution in [0.1, 0.15) is 49.3 Å². The summed E-state index contributed by atoms with van der Waals surface area (Å²) in [5.41, 5.74) is 2.83. The predicted octanol–water partition coefficient (Wildman–Crippen LogP) is 3.09. The van der Waals surface area contributed by atoms with Crippen LogP contribution in [0.3, 0.4) is 0 Å². The fraction of sp³-hybridized carbons (Fsp3) is 0.588. The minimum Gasteiger partial charge on any atom is -0.333 e. The maximum Gasteiger partial charge on any atom is 0.224 e. The summed E-state index contributed by atoms with van der Waals surface area (Å²) in [6.45, 7) is 0.774. The summed E-state index contributed by atoms with van der Waals surface area (Å²) in [5, 5.41) is 3.09. The first kappa shape index (κ1) is 16.3. The quantitative estimate of drug-likeness (QED) is 0.906. The summed E-state index contributed by atoms with van der Waals surface area (Å²) in [6.07, 6.45) is 6.47. The van der Waals surface area contributed by atoms with Crippen LogP contribution in [0, 0.1) is 0 Å². The van der Waals surface area contributed by atoms with E-state index < -0.39 is 0 Å². The van der Waals surface area contributed by atoms with Crippen molar-refractivity contribution in [1.29, 1.82) is 0 Å². The lowest BCUT2D eigenvalue weighted by Crippen LogP contribution is -2.39. The second kappa shape index (κ2) is 7.28. The van der Waals surface area contributed by atoms with E-state index in [-0.39, 0.29) is 12.4 Å². The van der Waals surface area contributed by atoms with Crippen molar-refractivity contribution in [3.05, 3.63) is 35.4 Å². The number of aryl methyl sites for hydroxylation is 1. The predicted molar refractivity (Wildman–Crippen MR) is 87.8 cm³/mol. The second-order valence-electron chi connectivity index (χ2n) is 5.99. The highest BCUT2D eigenvalue weighted by Gasteiger charge is 2.38. The number of nitrogens with one attached hydrogen (secondary N) is 1. The van der Waals surface area contributed by atoms with Gasteiger partial charge >= 0.3 is 0 Å². The second-order valence-corrected chi connectivity index (χ2v) is 5.99. The lowest BCUT2D eigenvalue weighted by molar-refractivity contribution is -0.134. The molecule has 1 aromatic carbocycles. The third-order valence-corrected chi connectivity index (χ3v) is 4.49. The van der Waals surface area contributed by atoms with Gasteiger partial charge in [-0.25, -0.2) is 0 Å². The Hall–Kier alpha value is -1.06. The van der Waals surface area contributed by atoms with Gasteiger partial charge in [0.2, 0.25) is 5.91 Å². The third kappa shape index (κ3) is 3.58. The highest BCUT2D eigenvalue weighted by Crippen LogP contribution is 2.40. The van der Waals surface area contributed by atoms with Crippen LogP contribution in [0.4, 0.5) is 0 Å². The molecule has 0 aromatic heterocycles. The van der Waals surface area contributed by atoms with Gasteiger partial charge in [-0.3, -0.25) is 4.79 Å². The number of amides is 1. The van der Waals surface area contributed by atoms with E-state index in [0.29, 0.717) is 24.4 Å².